The Labute approximate surface area is 146 Å². The van der Waals surface area contributed by atoms with Crippen LogP contribution in [-0.2, 0) is 4.84 Å². The Kier molecular flexibility index (Phi) is 3.47. The van der Waals surface area contributed by atoms with Gasteiger partial charge in [0.15, 0.2) is 0 Å². The Balaban J connectivity index is 1.70. The molecule has 2 heterocycles. The van der Waals surface area contributed by atoms with E-state index < -0.39 is 17.8 Å². The Hall–Kier alpha value is -3.25. The van der Waals surface area contributed by atoms with Crippen LogP contribution in [0.25, 0.3) is 10.9 Å². The number of fused-ring (bicyclic) bond motifs is 2. The minimum Gasteiger partial charge on any atom is -0.324 e. The first kappa shape index (κ1) is 15.3. The van der Waals surface area contributed by atoms with Crippen LogP contribution in [-0.4, -0.2) is 27.8 Å². The summed E-state index contributed by atoms with van der Waals surface area (Å²) in [4.78, 5) is 46.3. The quantitative estimate of drug-likeness (QED) is 0.662. The number of benzene rings is 2. The number of imide groups is 1. The van der Waals surface area contributed by atoms with E-state index in [-0.39, 0.29) is 16.7 Å². The van der Waals surface area contributed by atoms with Gasteiger partial charge in [0.2, 0.25) is 0 Å². The zero-order chi connectivity index (χ0) is 17.6. The van der Waals surface area contributed by atoms with Gasteiger partial charge in [0.25, 0.3) is 11.8 Å². The Bertz CT molecular complexity index is 1030. The molecule has 0 aliphatic carbocycles. The van der Waals surface area contributed by atoms with E-state index in [9.17, 15) is 14.4 Å². The molecular weight excluding hydrogens is 344 g/mol. The molecule has 0 saturated carbocycles. The lowest BCUT2D eigenvalue weighted by Gasteiger charge is -2.13. The molecule has 1 aromatic heterocycles. The highest BCUT2D eigenvalue weighted by molar-refractivity contribution is 6.36. The monoisotopic (exact) mass is 352 g/mol. The molecule has 1 aliphatic heterocycles. The highest BCUT2D eigenvalue weighted by atomic mass is 35.5. The number of carbonyl (C=O) groups excluding carboxylic acids is 3. The number of rotatable bonds is 2. The molecular formula is C18H9ClN2O4. The lowest BCUT2D eigenvalue weighted by molar-refractivity contribution is -0.0583. The van der Waals surface area contributed by atoms with E-state index >= 15 is 0 Å². The zero-order valence-electron chi connectivity index (χ0n) is 12.6. The van der Waals surface area contributed by atoms with Crippen molar-refractivity contribution in [3.8, 4) is 0 Å². The molecule has 0 saturated heterocycles. The molecule has 0 unspecified atom stereocenters. The van der Waals surface area contributed by atoms with Crippen LogP contribution in [0, 0.1) is 0 Å². The van der Waals surface area contributed by atoms with Gasteiger partial charge in [-0.1, -0.05) is 28.8 Å². The Morgan fingerprint density at radius 2 is 1.64 bits per heavy atom. The van der Waals surface area contributed by atoms with Gasteiger partial charge in [-0.3, -0.25) is 14.6 Å². The summed E-state index contributed by atoms with van der Waals surface area (Å²) in [6, 6.07) is 12.6. The normalized spacial score (nSPS) is 13.2. The van der Waals surface area contributed by atoms with Gasteiger partial charge in [-0.25, -0.2) is 4.79 Å². The maximum absolute atomic E-state index is 12.5. The second-order valence-electron chi connectivity index (χ2n) is 5.32. The number of carbonyl (C=O) groups is 3. The van der Waals surface area contributed by atoms with Gasteiger partial charge in [0, 0.05) is 11.6 Å². The smallest absolute Gasteiger partial charge is 0.324 e. The van der Waals surface area contributed by atoms with Crippen LogP contribution in [0.5, 0.6) is 0 Å². The number of aromatic nitrogens is 1. The van der Waals surface area contributed by atoms with Crippen molar-refractivity contribution in [1.82, 2.24) is 10.0 Å². The van der Waals surface area contributed by atoms with Crippen molar-refractivity contribution in [1.29, 1.82) is 0 Å². The molecule has 1 aliphatic rings. The van der Waals surface area contributed by atoms with E-state index in [1.807, 2.05) is 0 Å². The van der Waals surface area contributed by atoms with Crippen LogP contribution < -0.4 is 0 Å². The summed E-state index contributed by atoms with van der Waals surface area (Å²) in [5, 5.41) is 1.47. The van der Waals surface area contributed by atoms with Gasteiger partial charge < -0.3 is 4.84 Å². The number of nitrogens with zero attached hydrogens (tertiary/aromatic N) is 2. The summed E-state index contributed by atoms with van der Waals surface area (Å²) in [5.41, 5.74) is 0.826. The zero-order valence-corrected chi connectivity index (χ0v) is 13.4. The minimum atomic E-state index is -0.866. The topological polar surface area (TPSA) is 76.6 Å². The predicted molar refractivity (Wildman–Crippen MR) is 89.1 cm³/mol. The second kappa shape index (κ2) is 5.68. The van der Waals surface area contributed by atoms with Crippen molar-refractivity contribution in [2.24, 2.45) is 0 Å². The first-order valence-corrected chi connectivity index (χ1v) is 7.69. The first-order chi connectivity index (χ1) is 12.1. The van der Waals surface area contributed by atoms with Gasteiger partial charge in [-0.15, -0.1) is 0 Å². The number of hydrogen-bond donors (Lipinski definition) is 0. The average Bonchev–Trinajstić information content (AvgIpc) is 2.87. The molecule has 0 bridgehead atoms. The minimum absolute atomic E-state index is 0.108. The van der Waals surface area contributed by atoms with Crippen molar-refractivity contribution in [2.45, 2.75) is 0 Å². The number of pyridine rings is 1. The summed E-state index contributed by atoms with van der Waals surface area (Å²) >= 11 is 6.10. The molecule has 0 spiro atoms. The number of halogens is 1. The fourth-order valence-corrected chi connectivity index (χ4v) is 2.90. The van der Waals surface area contributed by atoms with Gasteiger partial charge >= 0.3 is 5.97 Å². The fraction of sp³-hybridized carbons (Fsp3) is 0. The first-order valence-electron chi connectivity index (χ1n) is 7.31. The lowest BCUT2D eigenvalue weighted by Crippen LogP contribution is -2.32. The van der Waals surface area contributed by atoms with E-state index in [1.54, 1.807) is 24.3 Å². The third-order valence-corrected chi connectivity index (χ3v) is 4.20. The fourth-order valence-electron chi connectivity index (χ4n) is 2.68. The summed E-state index contributed by atoms with van der Waals surface area (Å²) in [6.45, 7) is 0. The van der Waals surface area contributed by atoms with Crippen molar-refractivity contribution >= 4 is 40.3 Å². The Morgan fingerprint density at radius 1 is 0.960 bits per heavy atom. The summed E-state index contributed by atoms with van der Waals surface area (Å²) < 4.78 is 0. The van der Waals surface area contributed by atoms with Crippen LogP contribution in [0.1, 0.15) is 31.1 Å². The van der Waals surface area contributed by atoms with E-state index in [0.717, 1.165) is 0 Å². The highest BCUT2D eigenvalue weighted by Crippen LogP contribution is 2.27. The van der Waals surface area contributed by atoms with Crippen molar-refractivity contribution < 1.29 is 19.2 Å². The number of hydrogen-bond acceptors (Lipinski definition) is 5. The Morgan fingerprint density at radius 3 is 2.32 bits per heavy atom. The average molecular weight is 353 g/mol. The maximum Gasteiger partial charge on any atom is 0.366 e. The maximum atomic E-state index is 12.5. The third-order valence-electron chi connectivity index (χ3n) is 3.87. The van der Waals surface area contributed by atoms with Crippen molar-refractivity contribution in [2.75, 3.05) is 0 Å². The summed E-state index contributed by atoms with van der Waals surface area (Å²) in [5.74, 6) is -2.23. The number of amides is 2. The molecule has 0 atom stereocenters. The van der Waals surface area contributed by atoms with Crippen molar-refractivity contribution in [3.63, 3.8) is 0 Å². The van der Waals surface area contributed by atoms with Gasteiger partial charge in [0.1, 0.15) is 0 Å². The van der Waals surface area contributed by atoms with E-state index in [2.05, 4.69) is 4.98 Å². The van der Waals surface area contributed by atoms with Crippen molar-refractivity contribution in [3.05, 3.63) is 76.4 Å². The molecule has 2 amide bonds. The standard InChI is InChI=1S/C18H9ClN2O4/c19-14-8-7-13(15-12(14)6-3-9-20-15)18(24)25-21-16(22)10-4-1-2-5-11(10)17(21)23/h1-9H. The largest absolute Gasteiger partial charge is 0.366 e. The predicted octanol–water partition coefficient (Wildman–Crippen LogP) is 3.26. The van der Waals surface area contributed by atoms with Crippen LogP contribution in [0.2, 0.25) is 5.02 Å². The molecule has 6 nitrogen and oxygen atoms in total. The van der Waals surface area contributed by atoms with Gasteiger partial charge in [0.05, 0.1) is 27.2 Å². The van der Waals surface area contributed by atoms with Crippen LogP contribution in [0.15, 0.2) is 54.7 Å². The van der Waals surface area contributed by atoms with E-state index in [1.165, 1.54) is 30.5 Å². The molecule has 0 fully saturated rings. The van der Waals surface area contributed by atoms with E-state index in [0.29, 0.717) is 21.0 Å². The number of hydroxylamine groups is 2. The van der Waals surface area contributed by atoms with E-state index in [4.69, 9.17) is 16.4 Å². The summed E-state index contributed by atoms with van der Waals surface area (Å²) in [7, 11) is 0. The molecule has 2 aromatic carbocycles. The summed E-state index contributed by atoms with van der Waals surface area (Å²) in [6.07, 6.45) is 1.51. The lowest BCUT2D eigenvalue weighted by atomic mass is 10.1. The van der Waals surface area contributed by atoms with Gasteiger partial charge in [-0.05, 0) is 36.4 Å². The molecule has 0 radical (unpaired) electrons. The molecule has 25 heavy (non-hydrogen) atoms. The van der Waals surface area contributed by atoms with Crippen LogP contribution in [0.3, 0.4) is 0 Å². The van der Waals surface area contributed by atoms with Crippen LogP contribution in [0.4, 0.5) is 0 Å². The molecule has 122 valence electrons. The molecule has 3 aromatic rings. The molecule has 7 heteroatoms. The second-order valence-corrected chi connectivity index (χ2v) is 5.73. The highest BCUT2D eigenvalue weighted by Gasteiger charge is 2.39. The molecule has 4 rings (SSSR count). The van der Waals surface area contributed by atoms with Crippen LogP contribution >= 0.6 is 11.6 Å². The SMILES string of the molecule is O=C(ON1C(=O)c2ccccc2C1=O)c1ccc(Cl)c2cccnc12. The van der Waals surface area contributed by atoms with Gasteiger partial charge in [-0.2, -0.15) is 0 Å². The third kappa shape index (κ3) is 2.35. The molecule has 0 N–H and O–H groups in total.